The number of carboxylic acids is 1. The van der Waals surface area contributed by atoms with Crippen molar-refractivity contribution in [3.8, 4) is 6.07 Å². The molecule has 6 nitrogen and oxygen atoms in total. The van der Waals surface area contributed by atoms with Gasteiger partial charge in [-0.25, -0.2) is 9.59 Å². The van der Waals surface area contributed by atoms with Gasteiger partial charge in [0.15, 0.2) is 5.54 Å². The highest BCUT2D eigenvalue weighted by Gasteiger charge is 2.33. The fourth-order valence-electron chi connectivity index (χ4n) is 1.15. The van der Waals surface area contributed by atoms with Crippen molar-refractivity contribution in [3.05, 3.63) is 12.2 Å². The van der Waals surface area contributed by atoms with Crippen molar-refractivity contribution >= 4 is 12.1 Å². The van der Waals surface area contributed by atoms with Crippen molar-refractivity contribution in [3.63, 3.8) is 0 Å². The van der Waals surface area contributed by atoms with Gasteiger partial charge in [-0.15, -0.1) is 0 Å². The Morgan fingerprint density at radius 2 is 1.95 bits per heavy atom. The number of amides is 1. The predicted molar refractivity (Wildman–Crippen MR) is 69.4 cm³/mol. The molecule has 0 heterocycles. The zero-order chi connectivity index (χ0) is 15.1. The lowest BCUT2D eigenvalue weighted by molar-refractivity contribution is -0.142. The molecule has 0 aliphatic rings. The summed E-state index contributed by atoms with van der Waals surface area (Å²) in [5.41, 5.74) is -2.26. The van der Waals surface area contributed by atoms with Gasteiger partial charge in [0, 0.05) is 6.42 Å². The molecule has 1 unspecified atom stereocenters. The monoisotopic (exact) mass is 268 g/mol. The molecule has 0 aromatic carbocycles. The fourth-order valence-corrected chi connectivity index (χ4v) is 1.15. The van der Waals surface area contributed by atoms with Crippen LogP contribution in [0.4, 0.5) is 4.79 Å². The van der Waals surface area contributed by atoms with Gasteiger partial charge in [0.05, 0.1) is 6.07 Å². The van der Waals surface area contributed by atoms with E-state index >= 15 is 0 Å². The van der Waals surface area contributed by atoms with Crippen molar-refractivity contribution in [2.45, 2.75) is 51.7 Å². The number of allylic oxidation sites excluding steroid dienone is 1. The largest absolute Gasteiger partial charge is 0.479 e. The number of aliphatic carboxylic acids is 1. The number of rotatable bonds is 5. The molecular formula is C13H20N2O4. The Morgan fingerprint density at radius 3 is 2.37 bits per heavy atom. The molecule has 1 atom stereocenters. The minimum absolute atomic E-state index is 0.290. The Labute approximate surface area is 113 Å². The van der Waals surface area contributed by atoms with Gasteiger partial charge in [0.2, 0.25) is 0 Å². The first-order valence-corrected chi connectivity index (χ1v) is 5.90. The summed E-state index contributed by atoms with van der Waals surface area (Å²) >= 11 is 0. The molecule has 2 N–H and O–H groups in total. The number of alkyl carbamates (subject to hydrolysis) is 1. The van der Waals surface area contributed by atoms with Crippen LogP contribution < -0.4 is 5.32 Å². The Bertz CT molecular complexity index is 404. The van der Waals surface area contributed by atoms with Gasteiger partial charge < -0.3 is 15.2 Å². The van der Waals surface area contributed by atoms with Crippen molar-refractivity contribution in [1.82, 2.24) is 5.32 Å². The van der Waals surface area contributed by atoms with E-state index in [0.29, 0.717) is 12.8 Å². The molecule has 0 aromatic heterocycles. The van der Waals surface area contributed by atoms with E-state index in [1.54, 1.807) is 26.8 Å². The number of carboxylic acid groups (broad SMARTS) is 1. The maximum atomic E-state index is 11.6. The van der Waals surface area contributed by atoms with E-state index in [0.717, 1.165) is 0 Å². The van der Waals surface area contributed by atoms with Crippen LogP contribution in [0.2, 0.25) is 0 Å². The second-order valence-corrected chi connectivity index (χ2v) is 5.23. The normalized spacial score (nSPS) is 14.5. The summed E-state index contributed by atoms with van der Waals surface area (Å²) in [6.07, 6.45) is 2.81. The molecule has 106 valence electrons. The third-order valence-corrected chi connectivity index (χ3v) is 2.08. The summed E-state index contributed by atoms with van der Waals surface area (Å²) in [5.74, 6) is -1.20. The maximum Gasteiger partial charge on any atom is 0.408 e. The van der Waals surface area contributed by atoms with Crippen LogP contribution in [-0.4, -0.2) is 28.3 Å². The van der Waals surface area contributed by atoms with Crippen molar-refractivity contribution < 1.29 is 19.4 Å². The average Bonchev–Trinajstić information content (AvgIpc) is 2.21. The van der Waals surface area contributed by atoms with Crippen LogP contribution in [0.15, 0.2) is 12.2 Å². The fraction of sp³-hybridized carbons (Fsp3) is 0.615. The number of nitrogens with zero attached hydrogens (tertiary/aromatic N) is 1. The number of hydrogen-bond acceptors (Lipinski definition) is 4. The van der Waals surface area contributed by atoms with Crippen LogP contribution in [0, 0.1) is 11.3 Å². The van der Waals surface area contributed by atoms with E-state index in [-0.39, 0.29) is 0 Å². The van der Waals surface area contributed by atoms with E-state index in [1.165, 1.54) is 13.0 Å². The van der Waals surface area contributed by atoms with Crippen molar-refractivity contribution in [2.24, 2.45) is 0 Å². The molecule has 19 heavy (non-hydrogen) atoms. The summed E-state index contributed by atoms with van der Waals surface area (Å²) in [5, 5.41) is 19.8. The number of hydrogen-bond donors (Lipinski definition) is 2. The lowest BCUT2D eigenvalue weighted by Crippen LogP contribution is -2.52. The van der Waals surface area contributed by atoms with Crippen LogP contribution in [-0.2, 0) is 9.53 Å². The highest BCUT2D eigenvalue weighted by Crippen LogP contribution is 2.12. The predicted octanol–water partition coefficient (Wildman–Crippen LogP) is 2.21. The molecule has 0 aliphatic heterocycles. The zero-order valence-corrected chi connectivity index (χ0v) is 11.7. The van der Waals surface area contributed by atoms with Crippen LogP contribution in [0.1, 0.15) is 40.5 Å². The van der Waals surface area contributed by atoms with Gasteiger partial charge >= 0.3 is 12.1 Å². The van der Waals surface area contributed by atoms with E-state index in [9.17, 15) is 9.59 Å². The van der Waals surface area contributed by atoms with Gasteiger partial charge in [-0.1, -0.05) is 12.2 Å². The number of nitrogens with one attached hydrogen (secondary N) is 1. The summed E-state index contributed by atoms with van der Waals surface area (Å²) in [6.45, 7) is 6.41. The molecule has 0 saturated heterocycles. The van der Waals surface area contributed by atoms with Crippen LogP contribution in [0.5, 0.6) is 0 Å². The van der Waals surface area contributed by atoms with E-state index in [4.69, 9.17) is 15.1 Å². The van der Waals surface area contributed by atoms with Gasteiger partial charge in [-0.05, 0) is 34.1 Å². The Kier molecular flexibility index (Phi) is 6.06. The molecule has 0 radical (unpaired) electrons. The molecule has 0 fully saturated rings. The second-order valence-electron chi connectivity index (χ2n) is 5.23. The number of nitriles is 1. The van der Waals surface area contributed by atoms with E-state index < -0.39 is 23.2 Å². The molecule has 0 aromatic rings. The number of unbranched alkanes of at least 4 members (excludes halogenated alkanes) is 1. The molecule has 1 amide bonds. The zero-order valence-electron chi connectivity index (χ0n) is 11.7. The highest BCUT2D eigenvalue weighted by molar-refractivity contribution is 5.86. The van der Waals surface area contributed by atoms with Crippen molar-refractivity contribution in [1.29, 1.82) is 5.26 Å². The SMILES string of the molecule is CC(C)(C)OC(=O)NC(C)(C=CCCC#N)C(=O)O. The van der Waals surface area contributed by atoms with Crippen molar-refractivity contribution in [2.75, 3.05) is 0 Å². The number of carbonyl (C=O) groups excluding carboxylic acids is 1. The molecular weight excluding hydrogens is 248 g/mol. The quantitative estimate of drug-likeness (QED) is 0.588. The molecule has 0 bridgehead atoms. The van der Waals surface area contributed by atoms with Crippen LogP contribution in [0.25, 0.3) is 0 Å². The average molecular weight is 268 g/mol. The van der Waals surface area contributed by atoms with Crippen LogP contribution in [0.3, 0.4) is 0 Å². The summed E-state index contributed by atoms with van der Waals surface area (Å²) in [7, 11) is 0. The minimum atomic E-state index is -1.56. The van der Waals surface area contributed by atoms with Crippen LogP contribution >= 0.6 is 0 Å². The highest BCUT2D eigenvalue weighted by atomic mass is 16.6. The first-order chi connectivity index (χ1) is 8.60. The number of ether oxygens (including phenoxy) is 1. The topological polar surface area (TPSA) is 99.4 Å². The summed E-state index contributed by atoms with van der Waals surface area (Å²) in [6, 6.07) is 1.94. The molecule has 0 spiro atoms. The smallest absolute Gasteiger partial charge is 0.408 e. The Balaban J connectivity index is 4.73. The Morgan fingerprint density at radius 1 is 1.37 bits per heavy atom. The molecule has 0 aliphatic carbocycles. The number of carbonyl (C=O) groups is 2. The lowest BCUT2D eigenvalue weighted by atomic mass is 10.0. The van der Waals surface area contributed by atoms with Gasteiger partial charge in [-0.3, -0.25) is 0 Å². The van der Waals surface area contributed by atoms with Gasteiger partial charge in [0.25, 0.3) is 0 Å². The molecule has 0 rings (SSSR count). The standard InChI is InChI=1S/C13H20N2O4/c1-12(2,3)19-11(18)15-13(4,10(16)17)8-6-5-7-9-14/h6,8H,5,7H2,1-4H3,(H,15,18)(H,16,17). The van der Waals surface area contributed by atoms with Gasteiger partial charge in [-0.2, -0.15) is 5.26 Å². The molecule has 6 heteroatoms. The summed E-state index contributed by atoms with van der Waals surface area (Å²) < 4.78 is 5.01. The second kappa shape index (κ2) is 6.78. The third kappa shape index (κ3) is 7.09. The minimum Gasteiger partial charge on any atom is -0.479 e. The first kappa shape index (κ1) is 17.0. The summed E-state index contributed by atoms with van der Waals surface area (Å²) in [4.78, 5) is 22.8. The maximum absolute atomic E-state index is 11.6. The third-order valence-electron chi connectivity index (χ3n) is 2.08. The Hall–Kier alpha value is -2.03. The lowest BCUT2D eigenvalue weighted by Gasteiger charge is -2.26. The molecule has 0 saturated carbocycles. The van der Waals surface area contributed by atoms with E-state index in [1.807, 2.05) is 6.07 Å². The van der Waals surface area contributed by atoms with Gasteiger partial charge in [0.1, 0.15) is 5.60 Å². The van der Waals surface area contributed by atoms with E-state index in [2.05, 4.69) is 5.32 Å². The first-order valence-electron chi connectivity index (χ1n) is 5.90.